The van der Waals surface area contributed by atoms with E-state index in [0.29, 0.717) is 5.92 Å². The van der Waals surface area contributed by atoms with Crippen molar-refractivity contribution in [3.63, 3.8) is 0 Å². The fourth-order valence-electron chi connectivity index (χ4n) is 1.47. The molecule has 2 nitrogen and oxygen atoms in total. The molecule has 0 saturated heterocycles. The first-order chi connectivity index (χ1) is 7.29. The number of nitrogens with zero attached hydrogens (tertiary/aromatic N) is 2. The number of rotatable bonds is 1. The molecular formula is C13H18N2. The largest absolute Gasteiger partial charge is 0.255 e. The third-order valence-electron chi connectivity index (χ3n) is 2.15. The molecule has 0 aromatic carbocycles. The molecule has 0 aliphatic carbocycles. The van der Waals surface area contributed by atoms with Gasteiger partial charge in [-0.3, -0.25) is 9.97 Å². The van der Waals surface area contributed by atoms with Gasteiger partial charge in [-0.15, -0.1) is 0 Å². The highest BCUT2D eigenvalue weighted by atomic mass is 14.7. The van der Waals surface area contributed by atoms with Crippen LogP contribution in [-0.2, 0) is 0 Å². The third-order valence-corrected chi connectivity index (χ3v) is 2.15. The first kappa shape index (κ1) is 11.6. The monoisotopic (exact) mass is 202 g/mol. The van der Waals surface area contributed by atoms with Crippen LogP contribution in [0.2, 0.25) is 0 Å². The van der Waals surface area contributed by atoms with E-state index in [-0.39, 0.29) is 0 Å². The summed E-state index contributed by atoms with van der Waals surface area (Å²) in [4.78, 5) is 8.60. The van der Waals surface area contributed by atoms with Crippen LogP contribution >= 0.6 is 0 Å². The molecular weight excluding hydrogens is 184 g/mol. The lowest BCUT2D eigenvalue weighted by Gasteiger charge is -2.07. The van der Waals surface area contributed by atoms with Crippen molar-refractivity contribution in [3.8, 4) is 0 Å². The topological polar surface area (TPSA) is 25.8 Å². The molecule has 0 unspecified atom stereocenters. The second kappa shape index (κ2) is 5.44. The van der Waals surface area contributed by atoms with E-state index in [1.807, 2.05) is 44.4 Å². The molecule has 0 saturated carbocycles. The molecule has 0 atom stereocenters. The zero-order valence-corrected chi connectivity index (χ0v) is 9.86. The van der Waals surface area contributed by atoms with E-state index in [1.54, 1.807) is 0 Å². The van der Waals surface area contributed by atoms with Crippen LogP contribution in [0.4, 0.5) is 0 Å². The molecule has 0 amide bonds. The molecule has 0 spiro atoms. The van der Waals surface area contributed by atoms with Crippen LogP contribution in [0, 0.1) is 0 Å². The first-order valence-corrected chi connectivity index (χ1v) is 5.48. The SMILES string of the molecule is CC.CC(C)c1ccnc2cccnc12. The predicted octanol–water partition coefficient (Wildman–Crippen LogP) is 3.78. The molecule has 2 aromatic heterocycles. The second-order valence-electron chi connectivity index (χ2n) is 3.43. The summed E-state index contributed by atoms with van der Waals surface area (Å²) >= 11 is 0. The highest BCUT2D eigenvalue weighted by Crippen LogP contribution is 2.20. The molecule has 0 radical (unpaired) electrons. The Bertz CT molecular complexity index is 416. The Morgan fingerprint density at radius 2 is 1.73 bits per heavy atom. The molecule has 2 heterocycles. The number of fused-ring (bicyclic) bond motifs is 1. The number of pyridine rings is 2. The molecule has 2 rings (SSSR count). The van der Waals surface area contributed by atoms with E-state index in [2.05, 4.69) is 23.8 Å². The average molecular weight is 202 g/mol. The maximum Gasteiger partial charge on any atom is 0.0921 e. The normalized spacial score (nSPS) is 9.93. The molecule has 15 heavy (non-hydrogen) atoms. The van der Waals surface area contributed by atoms with Crippen molar-refractivity contribution in [1.82, 2.24) is 9.97 Å². The Morgan fingerprint density at radius 1 is 1.00 bits per heavy atom. The van der Waals surface area contributed by atoms with Crippen LogP contribution in [0.15, 0.2) is 30.6 Å². The minimum atomic E-state index is 0.500. The lowest BCUT2D eigenvalue weighted by Crippen LogP contribution is -1.92. The van der Waals surface area contributed by atoms with Gasteiger partial charge in [0, 0.05) is 12.4 Å². The summed E-state index contributed by atoms with van der Waals surface area (Å²) in [5.74, 6) is 0.500. The molecule has 80 valence electrons. The Hall–Kier alpha value is -1.44. The Kier molecular flexibility index (Phi) is 4.22. The molecule has 2 aromatic rings. The van der Waals surface area contributed by atoms with Gasteiger partial charge in [0.15, 0.2) is 0 Å². The lowest BCUT2D eigenvalue weighted by atomic mass is 10.0. The molecule has 0 N–H and O–H groups in total. The lowest BCUT2D eigenvalue weighted by molar-refractivity contribution is 0.870. The first-order valence-electron chi connectivity index (χ1n) is 5.48. The van der Waals surface area contributed by atoms with Gasteiger partial charge in [0.1, 0.15) is 0 Å². The minimum absolute atomic E-state index is 0.500. The summed E-state index contributed by atoms with van der Waals surface area (Å²) < 4.78 is 0. The van der Waals surface area contributed by atoms with Gasteiger partial charge in [-0.2, -0.15) is 0 Å². The van der Waals surface area contributed by atoms with Gasteiger partial charge in [0.25, 0.3) is 0 Å². The van der Waals surface area contributed by atoms with Crippen LogP contribution in [-0.4, -0.2) is 9.97 Å². The van der Waals surface area contributed by atoms with Crippen molar-refractivity contribution in [2.45, 2.75) is 33.6 Å². The summed E-state index contributed by atoms with van der Waals surface area (Å²) in [6, 6.07) is 5.95. The van der Waals surface area contributed by atoms with Crippen LogP contribution < -0.4 is 0 Å². The average Bonchev–Trinajstić information content (AvgIpc) is 2.31. The van der Waals surface area contributed by atoms with Crippen LogP contribution in [0.1, 0.15) is 39.2 Å². The summed E-state index contributed by atoms with van der Waals surface area (Å²) in [7, 11) is 0. The highest BCUT2D eigenvalue weighted by molar-refractivity contribution is 5.77. The fraction of sp³-hybridized carbons (Fsp3) is 0.385. The standard InChI is InChI=1S/C11H12N2.C2H6/c1-8(2)9-5-7-12-10-4-3-6-13-11(9)10;1-2/h3-8H,1-2H3;1-2H3. The number of hydrogen-bond donors (Lipinski definition) is 0. The van der Waals surface area contributed by atoms with Gasteiger partial charge in [0.05, 0.1) is 11.0 Å². The summed E-state index contributed by atoms with van der Waals surface area (Å²) in [5.41, 5.74) is 3.28. The van der Waals surface area contributed by atoms with E-state index in [0.717, 1.165) is 11.0 Å². The van der Waals surface area contributed by atoms with E-state index in [4.69, 9.17) is 0 Å². The second-order valence-corrected chi connectivity index (χ2v) is 3.43. The van der Waals surface area contributed by atoms with Gasteiger partial charge in [-0.1, -0.05) is 27.7 Å². The minimum Gasteiger partial charge on any atom is -0.255 e. The smallest absolute Gasteiger partial charge is 0.0921 e. The van der Waals surface area contributed by atoms with Crippen molar-refractivity contribution >= 4 is 11.0 Å². The zero-order chi connectivity index (χ0) is 11.3. The fourth-order valence-corrected chi connectivity index (χ4v) is 1.47. The summed E-state index contributed by atoms with van der Waals surface area (Å²) in [5, 5.41) is 0. The Labute approximate surface area is 91.4 Å². The zero-order valence-electron chi connectivity index (χ0n) is 9.86. The molecule has 0 fully saturated rings. The van der Waals surface area contributed by atoms with E-state index in [9.17, 15) is 0 Å². The quantitative estimate of drug-likeness (QED) is 0.703. The van der Waals surface area contributed by atoms with Crippen molar-refractivity contribution in [1.29, 1.82) is 0 Å². The summed E-state index contributed by atoms with van der Waals surface area (Å²) in [6.45, 7) is 8.34. The van der Waals surface area contributed by atoms with Crippen molar-refractivity contribution < 1.29 is 0 Å². The highest BCUT2D eigenvalue weighted by Gasteiger charge is 2.05. The van der Waals surface area contributed by atoms with Gasteiger partial charge in [0.2, 0.25) is 0 Å². The molecule has 2 heteroatoms. The van der Waals surface area contributed by atoms with Crippen LogP contribution in [0.5, 0.6) is 0 Å². The van der Waals surface area contributed by atoms with Gasteiger partial charge in [-0.05, 0) is 29.7 Å². The van der Waals surface area contributed by atoms with Crippen molar-refractivity contribution in [2.24, 2.45) is 0 Å². The number of hydrogen-bond acceptors (Lipinski definition) is 2. The van der Waals surface area contributed by atoms with Gasteiger partial charge >= 0.3 is 0 Å². The maximum absolute atomic E-state index is 4.34. The van der Waals surface area contributed by atoms with Crippen LogP contribution in [0.3, 0.4) is 0 Å². The summed E-state index contributed by atoms with van der Waals surface area (Å²) in [6.07, 6.45) is 3.66. The molecule has 0 aliphatic heterocycles. The van der Waals surface area contributed by atoms with Crippen molar-refractivity contribution in [3.05, 3.63) is 36.2 Å². The number of aromatic nitrogens is 2. The molecule has 0 aliphatic rings. The van der Waals surface area contributed by atoms with Gasteiger partial charge in [-0.25, -0.2) is 0 Å². The van der Waals surface area contributed by atoms with E-state index in [1.165, 1.54) is 5.56 Å². The van der Waals surface area contributed by atoms with E-state index < -0.39 is 0 Å². The third kappa shape index (κ3) is 2.52. The van der Waals surface area contributed by atoms with Crippen LogP contribution in [0.25, 0.3) is 11.0 Å². The van der Waals surface area contributed by atoms with E-state index >= 15 is 0 Å². The maximum atomic E-state index is 4.34. The van der Waals surface area contributed by atoms with Gasteiger partial charge < -0.3 is 0 Å². The van der Waals surface area contributed by atoms with Crippen molar-refractivity contribution in [2.75, 3.05) is 0 Å². The Morgan fingerprint density at radius 3 is 2.40 bits per heavy atom. The molecule has 0 bridgehead atoms. The Balaban J connectivity index is 0.000000531. The predicted molar refractivity (Wildman–Crippen MR) is 65.0 cm³/mol.